The molecule has 2 N–H and O–H groups in total. The number of unbranched alkanes of at least 4 members (excludes halogenated alkanes) is 4. The zero-order valence-electron chi connectivity index (χ0n) is 11.0. The summed E-state index contributed by atoms with van der Waals surface area (Å²) in [4.78, 5) is 24.2. The van der Waals surface area contributed by atoms with Gasteiger partial charge in [-0.3, -0.25) is 4.79 Å². The van der Waals surface area contributed by atoms with Crippen LogP contribution in [0.2, 0.25) is 0 Å². The largest absolute Gasteiger partial charge is 0.480 e. The van der Waals surface area contributed by atoms with Gasteiger partial charge in [-0.25, -0.2) is 4.79 Å². The number of hydrogen-bond donors (Lipinski definition) is 2. The van der Waals surface area contributed by atoms with E-state index in [4.69, 9.17) is 5.11 Å². The van der Waals surface area contributed by atoms with Gasteiger partial charge < -0.3 is 15.1 Å². The van der Waals surface area contributed by atoms with Crippen LogP contribution in [-0.2, 0) is 9.59 Å². The Bertz CT molecular complexity index is 293. The smallest absolute Gasteiger partial charge is 0.326 e. The van der Waals surface area contributed by atoms with Crippen molar-refractivity contribution in [3.05, 3.63) is 0 Å². The van der Waals surface area contributed by atoms with E-state index in [2.05, 4.69) is 6.92 Å². The van der Waals surface area contributed by atoms with Crippen LogP contribution in [0, 0.1) is 0 Å². The average Bonchev–Trinajstić information content (AvgIpc) is 2.71. The SMILES string of the molecule is CCCCCCCC(=O)N1C[C@H](O)C[C@@H]1C(=O)O. The van der Waals surface area contributed by atoms with Crippen molar-refractivity contribution in [1.82, 2.24) is 4.90 Å². The van der Waals surface area contributed by atoms with E-state index < -0.39 is 18.1 Å². The molecule has 5 heteroatoms. The van der Waals surface area contributed by atoms with Crippen molar-refractivity contribution < 1.29 is 19.8 Å². The number of likely N-dealkylation sites (tertiary alicyclic amines) is 1. The van der Waals surface area contributed by atoms with Crippen LogP contribution in [0.5, 0.6) is 0 Å². The molecular weight excluding hydrogens is 234 g/mol. The van der Waals surface area contributed by atoms with E-state index in [0.29, 0.717) is 6.42 Å². The van der Waals surface area contributed by atoms with Gasteiger partial charge in [0, 0.05) is 19.4 Å². The number of carbonyl (C=O) groups excluding carboxylic acids is 1. The summed E-state index contributed by atoms with van der Waals surface area (Å²) in [5.74, 6) is -1.17. The first kappa shape index (κ1) is 15.0. The highest BCUT2D eigenvalue weighted by molar-refractivity contribution is 5.84. The molecule has 5 nitrogen and oxygen atoms in total. The molecule has 0 aromatic rings. The number of rotatable bonds is 7. The van der Waals surface area contributed by atoms with Crippen molar-refractivity contribution in [2.24, 2.45) is 0 Å². The molecule has 0 aliphatic carbocycles. The highest BCUT2D eigenvalue weighted by Gasteiger charge is 2.38. The van der Waals surface area contributed by atoms with Crippen LogP contribution < -0.4 is 0 Å². The van der Waals surface area contributed by atoms with E-state index >= 15 is 0 Å². The van der Waals surface area contributed by atoms with Crippen molar-refractivity contribution in [2.45, 2.75) is 64.0 Å². The number of aliphatic hydroxyl groups is 1. The Labute approximate surface area is 108 Å². The summed E-state index contributed by atoms with van der Waals surface area (Å²) in [6, 6.07) is -0.844. The van der Waals surface area contributed by atoms with E-state index in [1.807, 2.05) is 0 Å². The number of nitrogens with zero attached hydrogens (tertiary/aromatic N) is 1. The average molecular weight is 257 g/mol. The summed E-state index contributed by atoms with van der Waals surface area (Å²) in [6.07, 6.45) is 5.11. The number of carboxylic acids is 1. The summed E-state index contributed by atoms with van der Waals surface area (Å²) in [7, 11) is 0. The molecule has 104 valence electrons. The number of carbonyl (C=O) groups is 2. The summed E-state index contributed by atoms with van der Waals surface area (Å²) >= 11 is 0. The van der Waals surface area contributed by atoms with Gasteiger partial charge in [-0.1, -0.05) is 32.6 Å². The van der Waals surface area contributed by atoms with Crippen molar-refractivity contribution in [3.63, 3.8) is 0 Å². The van der Waals surface area contributed by atoms with Gasteiger partial charge in [0.15, 0.2) is 0 Å². The third kappa shape index (κ3) is 4.29. The molecule has 1 aliphatic heterocycles. The Balaban J connectivity index is 2.33. The van der Waals surface area contributed by atoms with E-state index in [1.165, 1.54) is 11.3 Å². The molecular formula is C13H23NO4. The lowest BCUT2D eigenvalue weighted by atomic mass is 10.1. The van der Waals surface area contributed by atoms with Crippen LogP contribution >= 0.6 is 0 Å². The second-order valence-electron chi connectivity index (χ2n) is 4.95. The molecule has 1 rings (SSSR count). The van der Waals surface area contributed by atoms with Crippen LogP contribution in [0.3, 0.4) is 0 Å². The van der Waals surface area contributed by atoms with Gasteiger partial charge in [0.1, 0.15) is 6.04 Å². The van der Waals surface area contributed by atoms with Crippen LogP contribution in [0.4, 0.5) is 0 Å². The topological polar surface area (TPSA) is 77.8 Å². The summed E-state index contributed by atoms with van der Waals surface area (Å²) < 4.78 is 0. The normalized spacial score (nSPS) is 23.3. The van der Waals surface area contributed by atoms with Gasteiger partial charge in [0.05, 0.1) is 6.10 Å². The maximum atomic E-state index is 11.9. The predicted octanol–water partition coefficient (Wildman–Crippen LogP) is 1.39. The molecule has 1 amide bonds. The molecule has 1 fully saturated rings. The fourth-order valence-corrected chi connectivity index (χ4v) is 2.35. The standard InChI is InChI=1S/C13H23NO4/c1-2-3-4-5-6-7-12(16)14-9-10(15)8-11(14)13(17)18/h10-11,15H,2-9H2,1H3,(H,17,18)/t10-,11-/m1/s1. The van der Waals surface area contributed by atoms with E-state index in [1.54, 1.807) is 0 Å². The fourth-order valence-electron chi connectivity index (χ4n) is 2.35. The minimum absolute atomic E-state index is 0.143. The summed E-state index contributed by atoms with van der Waals surface area (Å²) in [6.45, 7) is 2.29. The number of β-amino-alcohol motifs (C(OH)–C–C–N with tert-alkyl or cyclic N) is 1. The van der Waals surface area contributed by atoms with Gasteiger partial charge in [0.25, 0.3) is 0 Å². The molecule has 0 saturated carbocycles. The lowest BCUT2D eigenvalue weighted by Gasteiger charge is -2.21. The van der Waals surface area contributed by atoms with Crippen molar-refractivity contribution in [2.75, 3.05) is 6.54 Å². The van der Waals surface area contributed by atoms with Crippen molar-refractivity contribution >= 4 is 11.9 Å². The van der Waals surface area contributed by atoms with Crippen LogP contribution in [0.25, 0.3) is 0 Å². The molecule has 1 aliphatic rings. The van der Waals surface area contributed by atoms with E-state index in [9.17, 15) is 14.7 Å². The molecule has 18 heavy (non-hydrogen) atoms. The van der Waals surface area contributed by atoms with Gasteiger partial charge in [-0.2, -0.15) is 0 Å². The van der Waals surface area contributed by atoms with Crippen molar-refractivity contribution in [1.29, 1.82) is 0 Å². The fraction of sp³-hybridized carbons (Fsp3) is 0.846. The highest BCUT2D eigenvalue weighted by Crippen LogP contribution is 2.20. The second kappa shape index (κ2) is 7.36. The molecule has 1 heterocycles. The lowest BCUT2D eigenvalue weighted by molar-refractivity contribution is -0.148. The van der Waals surface area contributed by atoms with Gasteiger partial charge >= 0.3 is 5.97 Å². The first-order valence-electron chi connectivity index (χ1n) is 6.76. The Kier molecular flexibility index (Phi) is 6.12. The number of amides is 1. The van der Waals surface area contributed by atoms with Gasteiger partial charge in [0.2, 0.25) is 5.91 Å². The first-order valence-corrected chi connectivity index (χ1v) is 6.76. The number of hydrogen-bond acceptors (Lipinski definition) is 3. The maximum Gasteiger partial charge on any atom is 0.326 e. The second-order valence-corrected chi connectivity index (χ2v) is 4.95. The third-order valence-electron chi connectivity index (χ3n) is 3.38. The van der Waals surface area contributed by atoms with Crippen LogP contribution in [0.15, 0.2) is 0 Å². The van der Waals surface area contributed by atoms with Gasteiger partial charge in [-0.05, 0) is 6.42 Å². The molecule has 0 spiro atoms. The molecule has 0 aromatic heterocycles. The number of aliphatic hydroxyl groups excluding tert-OH is 1. The Morgan fingerprint density at radius 3 is 2.50 bits per heavy atom. The minimum Gasteiger partial charge on any atom is -0.480 e. The molecule has 0 unspecified atom stereocenters. The Hall–Kier alpha value is -1.10. The summed E-state index contributed by atoms with van der Waals surface area (Å²) in [5.41, 5.74) is 0. The molecule has 2 atom stereocenters. The molecule has 0 radical (unpaired) electrons. The lowest BCUT2D eigenvalue weighted by Crippen LogP contribution is -2.40. The zero-order valence-corrected chi connectivity index (χ0v) is 11.0. The maximum absolute atomic E-state index is 11.9. The van der Waals surface area contributed by atoms with Crippen LogP contribution in [-0.4, -0.2) is 45.7 Å². The number of carboxylic acid groups (broad SMARTS) is 1. The van der Waals surface area contributed by atoms with Crippen LogP contribution in [0.1, 0.15) is 51.9 Å². The first-order chi connectivity index (χ1) is 8.56. The molecule has 0 aromatic carbocycles. The Morgan fingerprint density at radius 2 is 1.89 bits per heavy atom. The number of aliphatic carboxylic acids is 1. The highest BCUT2D eigenvalue weighted by atomic mass is 16.4. The monoisotopic (exact) mass is 257 g/mol. The molecule has 1 saturated heterocycles. The van der Waals surface area contributed by atoms with Gasteiger partial charge in [-0.15, -0.1) is 0 Å². The van der Waals surface area contributed by atoms with E-state index in [-0.39, 0.29) is 18.9 Å². The quantitative estimate of drug-likeness (QED) is 0.676. The predicted molar refractivity (Wildman–Crippen MR) is 67.1 cm³/mol. The van der Waals surface area contributed by atoms with Crippen molar-refractivity contribution in [3.8, 4) is 0 Å². The summed E-state index contributed by atoms with van der Waals surface area (Å²) in [5, 5.41) is 18.4. The zero-order chi connectivity index (χ0) is 13.5. The third-order valence-corrected chi connectivity index (χ3v) is 3.38. The van der Waals surface area contributed by atoms with E-state index in [0.717, 1.165) is 25.7 Å². The Morgan fingerprint density at radius 1 is 1.22 bits per heavy atom. The minimum atomic E-state index is -1.02. The molecule has 0 bridgehead atoms.